The summed E-state index contributed by atoms with van der Waals surface area (Å²) in [5.74, 6) is 0.405. The molecule has 0 fully saturated rings. The molecule has 1 aromatic rings. The second kappa shape index (κ2) is 4.77. The number of nitrogen functional groups attached to an aromatic ring is 1. The lowest BCUT2D eigenvalue weighted by Crippen LogP contribution is -2.30. The summed E-state index contributed by atoms with van der Waals surface area (Å²) in [5, 5.41) is 0. The van der Waals surface area contributed by atoms with Crippen molar-refractivity contribution in [3.63, 3.8) is 0 Å². The summed E-state index contributed by atoms with van der Waals surface area (Å²) in [6, 6.07) is 3.38. The van der Waals surface area contributed by atoms with E-state index in [2.05, 4.69) is 4.98 Å². The van der Waals surface area contributed by atoms with Crippen LogP contribution in [0.3, 0.4) is 0 Å². The highest BCUT2D eigenvalue weighted by Gasteiger charge is 2.13. The second-order valence-corrected chi connectivity index (χ2v) is 3.40. The number of carbonyl (C=O) groups is 1. The average molecular weight is 207 g/mol. The number of aryl methyl sites for hydroxylation is 1. The first-order chi connectivity index (χ1) is 7.08. The number of rotatable bonds is 3. The molecule has 2 N–H and O–H groups in total. The molecule has 0 unspecified atom stereocenters. The molecule has 1 aromatic heterocycles. The van der Waals surface area contributed by atoms with Crippen LogP contribution >= 0.6 is 0 Å². The summed E-state index contributed by atoms with van der Waals surface area (Å²) in [6.07, 6.45) is 0. The number of amides is 1. The van der Waals surface area contributed by atoms with Crippen LogP contribution in [0, 0.1) is 6.92 Å². The smallest absolute Gasteiger partial charge is 0.254 e. The monoisotopic (exact) mass is 207 g/mol. The molecule has 1 amide bonds. The minimum absolute atomic E-state index is 0.0113. The van der Waals surface area contributed by atoms with Gasteiger partial charge in [0.15, 0.2) is 0 Å². The summed E-state index contributed by atoms with van der Waals surface area (Å²) in [7, 11) is 0. The van der Waals surface area contributed by atoms with E-state index in [4.69, 9.17) is 5.73 Å². The molecular formula is C11H17N3O. The average Bonchev–Trinajstić information content (AvgIpc) is 2.18. The molecule has 82 valence electrons. The summed E-state index contributed by atoms with van der Waals surface area (Å²) < 4.78 is 0. The van der Waals surface area contributed by atoms with E-state index in [0.29, 0.717) is 24.5 Å². The van der Waals surface area contributed by atoms with Crippen molar-refractivity contribution in [1.82, 2.24) is 9.88 Å². The molecule has 0 bridgehead atoms. The minimum Gasteiger partial charge on any atom is -0.384 e. The SMILES string of the molecule is CCN(CC)C(=O)c1cc(C)nc(N)c1. The standard InChI is InChI=1S/C11H17N3O/c1-4-14(5-2)11(15)9-6-8(3)13-10(12)7-9/h6-7H,4-5H2,1-3H3,(H2,12,13). The molecule has 0 saturated heterocycles. The lowest BCUT2D eigenvalue weighted by atomic mass is 10.2. The van der Waals surface area contributed by atoms with Gasteiger partial charge in [0.25, 0.3) is 5.91 Å². The maximum absolute atomic E-state index is 12.0. The van der Waals surface area contributed by atoms with E-state index in [1.54, 1.807) is 17.0 Å². The largest absolute Gasteiger partial charge is 0.384 e. The molecule has 4 heteroatoms. The van der Waals surface area contributed by atoms with Gasteiger partial charge in [0.05, 0.1) is 0 Å². The van der Waals surface area contributed by atoms with Crippen LogP contribution in [-0.4, -0.2) is 28.9 Å². The Bertz CT molecular complexity index is 339. The minimum atomic E-state index is 0.0113. The number of nitrogens with two attached hydrogens (primary N) is 1. The molecule has 0 aliphatic carbocycles. The van der Waals surface area contributed by atoms with Crippen LogP contribution in [0.25, 0.3) is 0 Å². The van der Waals surface area contributed by atoms with Crippen LogP contribution in [0.4, 0.5) is 5.82 Å². The number of hydrogen-bond acceptors (Lipinski definition) is 3. The summed E-state index contributed by atoms with van der Waals surface area (Å²) >= 11 is 0. The summed E-state index contributed by atoms with van der Waals surface area (Å²) in [6.45, 7) is 7.15. The van der Waals surface area contributed by atoms with Crippen molar-refractivity contribution in [3.8, 4) is 0 Å². The zero-order valence-electron chi connectivity index (χ0n) is 9.45. The van der Waals surface area contributed by atoms with Gasteiger partial charge in [0.1, 0.15) is 5.82 Å². The van der Waals surface area contributed by atoms with Crippen molar-refractivity contribution in [2.75, 3.05) is 18.8 Å². The molecule has 15 heavy (non-hydrogen) atoms. The molecule has 0 spiro atoms. The number of anilines is 1. The highest BCUT2D eigenvalue weighted by molar-refractivity contribution is 5.94. The summed E-state index contributed by atoms with van der Waals surface area (Å²) in [5.41, 5.74) is 6.98. The number of nitrogens with zero attached hydrogens (tertiary/aromatic N) is 2. The van der Waals surface area contributed by atoms with Crippen LogP contribution in [0.1, 0.15) is 29.9 Å². The van der Waals surface area contributed by atoms with Crippen LogP contribution in [-0.2, 0) is 0 Å². The fourth-order valence-electron chi connectivity index (χ4n) is 1.51. The van der Waals surface area contributed by atoms with E-state index in [1.807, 2.05) is 20.8 Å². The summed E-state index contributed by atoms with van der Waals surface area (Å²) in [4.78, 5) is 17.7. The van der Waals surface area contributed by atoms with E-state index in [0.717, 1.165) is 5.69 Å². The first kappa shape index (κ1) is 11.5. The Kier molecular flexibility index (Phi) is 3.66. The fraction of sp³-hybridized carbons (Fsp3) is 0.455. The zero-order chi connectivity index (χ0) is 11.4. The molecular weight excluding hydrogens is 190 g/mol. The first-order valence-corrected chi connectivity index (χ1v) is 5.11. The lowest BCUT2D eigenvalue weighted by Gasteiger charge is -2.18. The van der Waals surface area contributed by atoms with Crippen LogP contribution in [0.5, 0.6) is 0 Å². The fourth-order valence-corrected chi connectivity index (χ4v) is 1.51. The second-order valence-electron chi connectivity index (χ2n) is 3.40. The molecule has 1 rings (SSSR count). The van der Waals surface area contributed by atoms with Crippen LogP contribution in [0.2, 0.25) is 0 Å². The van der Waals surface area contributed by atoms with Gasteiger partial charge in [0.2, 0.25) is 0 Å². The predicted molar refractivity (Wildman–Crippen MR) is 60.6 cm³/mol. The normalized spacial score (nSPS) is 10.1. The highest BCUT2D eigenvalue weighted by Crippen LogP contribution is 2.09. The molecule has 0 radical (unpaired) electrons. The van der Waals surface area contributed by atoms with Gasteiger partial charge in [-0.05, 0) is 32.9 Å². The van der Waals surface area contributed by atoms with E-state index >= 15 is 0 Å². The highest BCUT2D eigenvalue weighted by atomic mass is 16.2. The van der Waals surface area contributed by atoms with Gasteiger partial charge in [-0.3, -0.25) is 4.79 Å². The third kappa shape index (κ3) is 2.68. The van der Waals surface area contributed by atoms with Crippen LogP contribution < -0.4 is 5.73 Å². The van der Waals surface area contributed by atoms with Crippen molar-refractivity contribution in [2.24, 2.45) is 0 Å². The molecule has 0 aliphatic heterocycles. The third-order valence-corrected chi connectivity index (χ3v) is 2.27. The van der Waals surface area contributed by atoms with E-state index in [9.17, 15) is 4.79 Å². The Labute approximate surface area is 90.1 Å². The molecule has 0 saturated carbocycles. The molecule has 1 heterocycles. The number of hydrogen-bond donors (Lipinski definition) is 1. The zero-order valence-corrected chi connectivity index (χ0v) is 9.45. The van der Waals surface area contributed by atoms with Gasteiger partial charge in [-0.1, -0.05) is 0 Å². The Hall–Kier alpha value is -1.58. The van der Waals surface area contributed by atoms with Crippen LogP contribution in [0.15, 0.2) is 12.1 Å². The predicted octanol–water partition coefficient (Wildman–Crippen LogP) is 1.45. The molecule has 4 nitrogen and oxygen atoms in total. The first-order valence-electron chi connectivity index (χ1n) is 5.11. The lowest BCUT2D eigenvalue weighted by molar-refractivity contribution is 0.0773. The van der Waals surface area contributed by atoms with Gasteiger partial charge >= 0.3 is 0 Å². The van der Waals surface area contributed by atoms with Crippen molar-refractivity contribution < 1.29 is 4.79 Å². The van der Waals surface area contributed by atoms with Crippen molar-refractivity contribution >= 4 is 11.7 Å². The van der Waals surface area contributed by atoms with Gasteiger partial charge < -0.3 is 10.6 Å². The Balaban J connectivity index is 3.00. The number of carbonyl (C=O) groups excluding carboxylic acids is 1. The van der Waals surface area contributed by atoms with Crippen molar-refractivity contribution in [3.05, 3.63) is 23.4 Å². The number of aromatic nitrogens is 1. The molecule has 0 atom stereocenters. The molecule has 0 aliphatic rings. The maximum atomic E-state index is 12.0. The molecule has 0 aromatic carbocycles. The maximum Gasteiger partial charge on any atom is 0.254 e. The Morgan fingerprint density at radius 2 is 2.00 bits per heavy atom. The Morgan fingerprint density at radius 1 is 1.40 bits per heavy atom. The van der Waals surface area contributed by atoms with Gasteiger partial charge in [0, 0.05) is 24.3 Å². The third-order valence-electron chi connectivity index (χ3n) is 2.27. The van der Waals surface area contributed by atoms with Crippen molar-refractivity contribution in [2.45, 2.75) is 20.8 Å². The van der Waals surface area contributed by atoms with Gasteiger partial charge in [-0.15, -0.1) is 0 Å². The van der Waals surface area contributed by atoms with Gasteiger partial charge in [-0.2, -0.15) is 0 Å². The van der Waals surface area contributed by atoms with Gasteiger partial charge in [-0.25, -0.2) is 4.98 Å². The van der Waals surface area contributed by atoms with E-state index in [1.165, 1.54) is 0 Å². The number of pyridine rings is 1. The quantitative estimate of drug-likeness (QED) is 0.816. The topological polar surface area (TPSA) is 59.2 Å². The van der Waals surface area contributed by atoms with E-state index < -0.39 is 0 Å². The van der Waals surface area contributed by atoms with Crippen molar-refractivity contribution in [1.29, 1.82) is 0 Å². The van der Waals surface area contributed by atoms with E-state index in [-0.39, 0.29) is 5.91 Å². The Morgan fingerprint density at radius 3 is 2.47 bits per heavy atom.